The molecule has 7 heteroatoms. The molecule has 0 aliphatic carbocycles. The topological polar surface area (TPSA) is 83.8 Å². The van der Waals surface area contributed by atoms with Crippen molar-refractivity contribution in [1.82, 2.24) is 0 Å². The standard InChI is InChI=1S/C13H13BO5S/c1-10-4-2-3-5-13(10)20(17,18)12-8-6-11(7-9-12)19-14(15)16/h2-9,15-16H,1H3. The minimum atomic E-state index is -3.60. The highest BCUT2D eigenvalue weighted by Crippen LogP contribution is 2.25. The third-order valence-corrected chi connectivity index (χ3v) is 4.69. The molecular formula is C13H13BO5S. The summed E-state index contributed by atoms with van der Waals surface area (Å²) in [6.45, 7) is 1.73. The molecular weight excluding hydrogens is 279 g/mol. The van der Waals surface area contributed by atoms with Gasteiger partial charge in [-0.3, -0.25) is 0 Å². The van der Waals surface area contributed by atoms with Gasteiger partial charge in [-0.2, -0.15) is 0 Å². The predicted octanol–water partition coefficient (Wildman–Crippen LogP) is 1.18. The molecule has 0 aromatic heterocycles. The first-order valence-corrected chi connectivity index (χ1v) is 7.33. The molecule has 20 heavy (non-hydrogen) atoms. The SMILES string of the molecule is Cc1ccccc1S(=O)(=O)c1ccc(OB(O)O)cc1. The molecule has 0 saturated carbocycles. The summed E-state index contributed by atoms with van der Waals surface area (Å²) in [4.78, 5) is 0.363. The van der Waals surface area contributed by atoms with Crippen LogP contribution in [0.15, 0.2) is 58.3 Å². The van der Waals surface area contributed by atoms with E-state index in [1.54, 1.807) is 31.2 Å². The second kappa shape index (κ2) is 5.66. The van der Waals surface area contributed by atoms with Crippen molar-refractivity contribution in [2.75, 3.05) is 0 Å². The van der Waals surface area contributed by atoms with E-state index in [-0.39, 0.29) is 15.5 Å². The van der Waals surface area contributed by atoms with Crippen LogP contribution >= 0.6 is 0 Å². The molecule has 104 valence electrons. The molecule has 0 atom stereocenters. The molecule has 0 bridgehead atoms. The van der Waals surface area contributed by atoms with Gasteiger partial charge in [-0.25, -0.2) is 8.42 Å². The monoisotopic (exact) mass is 292 g/mol. The molecule has 5 nitrogen and oxygen atoms in total. The van der Waals surface area contributed by atoms with E-state index in [1.807, 2.05) is 0 Å². The fraction of sp³-hybridized carbons (Fsp3) is 0.0769. The Bertz CT molecular complexity index is 695. The molecule has 2 aromatic rings. The van der Waals surface area contributed by atoms with Crippen molar-refractivity contribution >= 4 is 17.2 Å². The highest BCUT2D eigenvalue weighted by atomic mass is 32.2. The van der Waals surface area contributed by atoms with Gasteiger partial charge >= 0.3 is 7.32 Å². The third kappa shape index (κ3) is 3.01. The fourth-order valence-electron chi connectivity index (χ4n) is 1.80. The van der Waals surface area contributed by atoms with E-state index < -0.39 is 17.2 Å². The summed E-state index contributed by atoms with van der Waals surface area (Å²) in [5, 5.41) is 17.3. The van der Waals surface area contributed by atoms with Gasteiger partial charge in [-0.15, -0.1) is 0 Å². The summed E-state index contributed by atoms with van der Waals surface area (Å²) in [5.74, 6) is 0.170. The molecule has 0 amide bonds. The zero-order valence-corrected chi connectivity index (χ0v) is 11.5. The lowest BCUT2D eigenvalue weighted by molar-refractivity contribution is 0.288. The van der Waals surface area contributed by atoms with Crippen LogP contribution in [0.25, 0.3) is 0 Å². The lowest BCUT2D eigenvalue weighted by atomic mass is 10.2. The van der Waals surface area contributed by atoms with E-state index in [0.29, 0.717) is 5.56 Å². The first-order valence-electron chi connectivity index (χ1n) is 5.85. The van der Waals surface area contributed by atoms with Crippen LogP contribution in [0, 0.1) is 6.92 Å². The molecule has 0 aliphatic heterocycles. The van der Waals surface area contributed by atoms with Gasteiger partial charge in [0, 0.05) is 0 Å². The Balaban J connectivity index is 2.38. The molecule has 2 rings (SSSR count). The zero-order valence-electron chi connectivity index (χ0n) is 10.7. The summed E-state index contributed by atoms with van der Waals surface area (Å²) in [7, 11) is -5.53. The van der Waals surface area contributed by atoms with E-state index in [4.69, 9.17) is 10.0 Å². The molecule has 0 spiro atoms. The highest BCUT2D eigenvalue weighted by molar-refractivity contribution is 7.91. The second-order valence-electron chi connectivity index (χ2n) is 4.18. The van der Waals surface area contributed by atoms with Gasteiger partial charge in [0.05, 0.1) is 9.79 Å². The molecule has 2 N–H and O–H groups in total. The van der Waals surface area contributed by atoms with Crippen LogP contribution in [-0.4, -0.2) is 25.8 Å². The molecule has 0 heterocycles. The Morgan fingerprint density at radius 1 is 1.00 bits per heavy atom. The van der Waals surface area contributed by atoms with Crippen molar-refractivity contribution in [2.24, 2.45) is 0 Å². The average molecular weight is 292 g/mol. The molecule has 0 aliphatic rings. The number of aryl methyl sites for hydroxylation is 1. The van der Waals surface area contributed by atoms with Gasteiger partial charge in [-0.05, 0) is 42.8 Å². The third-order valence-electron chi connectivity index (χ3n) is 2.76. The van der Waals surface area contributed by atoms with E-state index in [0.717, 1.165) is 0 Å². The zero-order chi connectivity index (χ0) is 14.8. The van der Waals surface area contributed by atoms with Crippen LogP contribution in [0.3, 0.4) is 0 Å². The Morgan fingerprint density at radius 3 is 2.15 bits per heavy atom. The Hall–Kier alpha value is -1.83. The van der Waals surface area contributed by atoms with E-state index in [2.05, 4.69) is 4.65 Å². The van der Waals surface area contributed by atoms with E-state index in [1.165, 1.54) is 24.3 Å². The minimum absolute atomic E-state index is 0.117. The van der Waals surface area contributed by atoms with Crippen LogP contribution in [0.5, 0.6) is 5.75 Å². The summed E-state index contributed by atoms with van der Waals surface area (Å²) in [5.41, 5.74) is 0.665. The number of hydrogen-bond donors (Lipinski definition) is 2. The maximum Gasteiger partial charge on any atom is 0.707 e. The van der Waals surface area contributed by atoms with Crippen LogP contribution in [0.1, 0.15) is 5.56 Å². The van der Waals surface area contributed by atoms with Gasteiger partial charge < -0.3 is 14.7 Å². The quantitative estimate of drug-likeness (QED) is 0.827. The van der Waals surface area contributed by atoms with Crippen LogP contribution < -0.4 is 4.65 Å². The molecule has 0 unspecified atom stereocenters. The van der Waals surface area contributed by atoms with Gasteiger partial charge in [0.2, 0.25) is 9.84 Å². The van der Waals surface area contributed by atoms with Gasteiger partial charge in [0.1, 0.15) is 5.75 Å². The average Bonchev–Trinajstić information content (AvgIpc) is 2.39. The van der Waals surface area contributed by atoms with Crippen molar-refractivity contribution in [3.05, 3.63) is 54.1 Å². The van der Waals surface area contributed by atoms with Crippen LogP contribution in [-0.2, 0) is 9.84 Å². The fourth-order valence-corrected chi connectivity index (χ4v) is 3.30. The van der Waals surface area contributed by atoms with Crippen molar-refractivity contribution < 1.29 is 23.1 Å². The summed E-state index contributed by atoms with van der Waals surface area (Å²) in [6, 6.07) is 12.2. The summed E-state index contributed by atoms with van der Waals surface area (Å²) >= 11 is 0. The van der Waals surface area contributed by atoms with Crippen molar-refractivity contribution in [1.29, 1.82) is 0 Å². The Morgan fingerprint density at radius 2 is 1.60 bits per heavy atom. The van der Waals surface area contributed by atoms with Crippen molar-refractivity contribution in [3.8, 4) is 5.75 Å². The molecule has 2 aromatic carbocycles. The van der Waals surface area contributed by atoms with Gasteiger partial charge in [0.15, 0.2) is 0 Å². The maximum absolute atomic E-state index is 12.4. The van der Waals surface area contributed by atoms with Crippen LogP contribution in [0.4, 0.5) is 0 Å². The lowest BCUT2D eigenvalue weighted by Crippen LogP contribution is -2.20. The van der Waals surface area contributed by atoms with Gasteiger partial charge in [-0.1, -0.05) is 18.2 Å². The van der Waals surface area contributed by atoms with Crippen molar-refractivity contribution in [3.63, 3.8) is 0 Å². The summed E-state index contributed by atoms with van der Waals surface area (Å²) in [6.07, 6.45) is 0. The second-order valence-corrected chi connectivity index (χ2v) is 6.10. The number of hydrogen-bond acceptors (Lipinski definition) is 5. The molecule has 0 saturated heterocycles. The van der Waals surface area contributed by atoms with E-state index in [9.17, 15) is 8.42 Å². The lowest BCUT2D eigenvalue weighted by Gasteiger charge is -2.09. The Labute approximate surface area is 117 Å². The van der Waals surface area contributed by atoms with Crippen molar-refractivity contribution in [2.45, 2.75) is 16.7 Å². The predicted molar refractivity (Wildman–Crippen MR) is 73.9 cm³/mol. The normalized spacial score (nSPS) is 11.2. The molecule has 0 fully saturated rings. The van der Waals surface area contributed by atoms with Crippen LogP contribution in [0.2, 0.25) is 0 Å². The first kappa shape index (κ1) is 14.6. The summed E-state index contributed by atoms with van der Waals surface area (Å²) < 4.78 is 29.5. The number of rotatable bonds is 4. The highest BCUT2D eigenvalue weighted by Gasteiger charge is 2.20. The van der Waals surface area contributed by atoms with Gasteiger partial charge in [0.25, 0.3) is 0 Å². The minimum Gasteiger partial charge on any atom is -0.512 e. The smallest absolute Gasteiger partial charge is 0.512 e. The molecule has 0 radical (unpaired) electrons. The number of benzene rings is 2. The maximum atomic E-state index is 12.4. The van der Waals surface area contributed by atoms with E-state index >= 15 is 0 Å². The first-order chi connectivity index (χ1) is 9.41. The number of sulfone groups is 1. The Kier molecular flexibility index (Phi) is 4.13. The largest absolute Gasteiger partial charge is 0.707 e.